The van der Waals surface area contributed by atoms with Gasteiger partial charge in [0.2, 0.25) is 0 Å². The number of carbonyl (C=O) groups is 1. The fourth-order valence-corrected chi connectivity index (χ4v) is 2.71. The van der Waals surface area contributed by atoms with Crippen LogP contribution >= 0.6 is 0 Å². The minimum absolute atomic E-state index is 0.0799. The van der Waals surface area contributed by atoms with Crippen molar-refractivity contribution in [2.45, 2.75) is 24.8 Å². The molecule has 2 fully saturated rings. The molecule has 0 saturated carbocycles. The zero-order valence-corrected chi connectivity index (χ0v) is 8.64. The molecule has 0 radical (unpaired) electrons. The molecule has 2 unspecified atom stereocenters. The van der Waals surface area contributed by atoms with Crippen molar-refractivity contribution in [3.05, 3.63) is 0 Å². The van der Waals surface area contributed by atoms with Crippen LogP contribution in [0.1, 0.15) is 19.3 Å². The highest BCUT2D eigenvalue weighted by atomic mass is 16.5. The van der Waals surface area contributed by atoms with Gasteiger partial charge in [0.15, 0.2) is 0 Å². The van der Waals surface area contributed by atoms with Crippen molar-refractivity contribution in [3.8, 4) is 0 Å². The van der Waals surface area contributed by atoms with E-state index in [1.807, 2.05) is 0 Å². The molecule has 0 aromatic heterocycles. The van der Waals surface area contributed by atoms with Crippen LogP contribution in [0.4, 0.5) is 0 Å². The molecule has 4 nitrogen and oxygen atoms in total. The topological polar surface area (TPSA) is 50.4 Å². The van der Waals surface area contributed by atoms with E-state index in [-0.39, 0.29) is 5.97 Å². The van der Waals surface area contributed by atoms with Gasteiger partial charge in [-0.25, -0.2) is 0 Å². The standard InChI is InChI=1S/C10H18N2O2/c1-14-9(13)10(4-2-5-12-10)8-3-6-11-7-8/h8,11-12H,2-7H2,1H3. The summed E-state index contributed by atoms with van der Waals surface area (Å²) in [6.45, 7) is 2.89. The number of esters is 1. The Morgan fingerprint density at radius 3 is 2.86 bits per heavy atom. The lowest BCUT2D eigenvalue weighted by Gasteiger charge is -2.32. The Kier molecular flexibility index (Phi) is 2.74. The van der Waals surface area contributed by atoms with Gasteiger partial charge in [-0.1, -0.05) is 0 Å². The van der Waals surface area contributed by atoms with Crippen molar-refractivity contribution in [1.82, 2.24) is 10.6 Å². The molecule has 0 bridgehead atoms. The molecule has 0 aliphatic carbocycles. The maximum Gasteiger partial charge on any atom is 0.326 e. The summed E-state index contributed by atoms with van der Waals surface area (Å²) in [5.74, 6) is 0.321. The van der Waals surface area contributed by atoms with Crippen LogP contribution in [0, 0.1) is 5.92 Å². The van der Waals surface area contributed by atoms with Crippen molar-refractivity contribution in [2.24, 2.45) is 5.92 Å². The minimum atomic E-state index is -0.391. The van der Waals surface area contributed by atoms with Crippen LogP contribution in [0.2, 0.25) is 0 Å². The van der Waals surface area contributed by atoms with Crippen molar-refractivity contribution < 1.29 is 9.53 Å². The Bertz CT molecular complexity index is 218. The van der Waals surface area contributed by atoms with Gasteiger partial charge in [-0.3, -0.25) is 4.79 Å². The van der Waals surface area contributed by atoms with E-state index >= 15 is 0 Å². The van der Waals surface area contributed by atoms with E-state index in [0.29, 0.717) is 5.92 Å². The average Bonchev–Trinajstić information content (AvgIpc) is 2.86. The van der Waals surface area contributed by atoms with Crippen LogP contribution in [0.25, 0.3) is 0 Å². The van der Waals surface area contributed by atoms with Crippen LogP contribution in [-0.2, 0) is 9.53 Å². The summed E-state index contributed by atoms with van der Waals surface area (Å²) in [6.07, 6.45) is 3.07. The highest BCUT2D eigenvalue weighted by Crippen LogP contribution is 2.32. The molecule has 0 amide bonds. The maximum atomic E-state index is 11.8. The molecule has 2 aliphatic rings. The van der Waals surface area contributed by atoms with E-state index in [9.17, 15) is 4.79 Å². The second-order valence-electron chi connectivity index (χ2n) is 4.18. The third-order valence-electron chi connectivity index (χ3n) is 3.50. The molecular weight excluding hydrogens is 180 g/mol. The summed E-state index contributed by atoms with van der Waals surface area (Å²) in [7, 11) is 1.48. The first kappa shape index (κ1) is 9.93. The zero-order chi connectivity index (χ0) is 10.0. The summed E-state index contributed by atoms with van der Waals surface area (Å²) in [4.78, 5) is 11.8. The van der Waals surface area contributed by atoms with Crippen molar-refractivity contribution in [1.29, 1.82) is 0 Å². The Balaban J connectivity index is 2.16. The number of rotatable bonds is 2. The molecule has 2 N–H and O–H groups in total. The first-order valence-electron chi connectivity index (χ1n) is 5.34. The van der Waals surface area contributed by atoms with Crippen molar-refractivity contribution in [3.63, 3.8) is 0 Å². The van der Waals surface area contributed by atoms with Crippen LogP contribution in [0.15, 0.2) is 0 Å². The van der Waals surface area contributed by atoms with Crippen LogP contribution in [0.3, 0.4) is 0 Å². The van der Waals surface area contributed by atoms with Gasteiger partial charge in [-0.05, 0) is 32.4 Å². The SMILES string of the molecule is COC(=O)C1(C2CCNC2)CCCN1. The summed E-state index contributed by atoms with van der Waals surface area (Å²) in [6, 6.07) is 0. The van der Waals surface area contributed by atoms with Crippen molar-refractivity contribution in [2.75, 3.05) is 26.7 Å². The first-order chi connectivity index (χ1) is 6.79. The smallest absolute Gasteiger partial charge is 0.326 e. The summed E-state index contributed by atoms with van der Waals surface area (Å²) < 4.78 is 4.92. The predicted molar refractivity (Wildman–Crippen MR) is 53.0 cm³/mol. The second kappa shape index (κ2) is 3.87. The molecule has 0 spiro atoms. The normalized spacial score (nSPS) is 37.4. The van der Waals surface area contributed by atoms with Gasteiger partial charge >= 0.3 is 5.97 Å². The summed E-state index contributed by atoms with van der Waals surface area (Å²) >= 11 is 0. The minimum Gasteiger partial charge on any atom is -0.468 e. The van der Waals surface area contributed by atoms with Gasteiger partial charge in [-0.15, -0.1) is 0 Å². The average molecular weight is 198 g/mol. The van der Waals surface area contributed by atoms with Crippen molar-refractivity contribution >= 4 is 5.97 Å². The summed E-state index contributed by atoms with van der Waals surface area (Å²) in [5.41, 5.74) is -0.391. The van der Waals surface area contributed by atoms with Gasteiger partial charge < -0.3 is 15.4 Å². The molecule has 80 valence electrons. The van der Waals surface area contributed by atoms with Gasteiger partial charge in [0.1, 0.15) is 5.54 Å². The zero-order valence-electron chi connectivity index (χ0n) is 8.64. The molecule has 0 aromatic carbocycles. The quantitative estimate of drug-likeness (QED) is 0.608. The molecular formula is C10H18N2O2. The van der Waals surface area contributed by atoms with Gasteiger partial charge in [0.05, 0.1) is 7.11 Å². The number of nitrogens with one attached hydrogen (secondary N) is 2. The van der Waals surface area contributed by atoms with E-state index in [2.05, 4.69) is 10.6 Å². The number of ether oxygens (including phenoxy) is 1. The second-order valence-corrected chi connectivity index (χ2v) is 4.18. The highest BCUT2D eigenvalue weighted by molar-refractivity contribution is 5.81. The largest absolute Gasteiger partial charge is 0.468 e. The predicted octanol–water partition coefficient (Wildman–Crippen LogP) is -0.109. The monoisotopic (exact) mass is 198 g/mol. The molecule has 14 heavy (non-hydrogen) atoms. The van der Waals surface area contributed by atoms with Gasteiger partial charge in [0, 0.05) is 12.5 Å². The lowest BCUT2D eigenvalue weighted by atomic mass is 9.82. The van der Waals surface area contributed by atoms with E-state index in [1.165, 1.54) is 7.11 Å². The molecule has 4 heteroatoms. The van der Waals surface area contributed by atoms with Crippen LogP contribution < -0.4 is 10.6 Å². The van der Waals surface area contributed by atoms with E-state index in [4.69, 9.17) is 4.74 Å². The number of methoxy groups -OCH3 is 1. The third kappa shape index (κ3) is 1.42. The van der Waals surface area contributed by atoms with E-state index in [0.717, 1.165) is 38.9 Å². The molecule has 2 rings (SSSR count). The lowest BCUT2D eigenvalue weighted by Crippen LogP contribution is -2.54. The Labute approximate surface area is 84.4 Å². The molecule has 2 aliphatic heterocycles. The number of hydrogen-bond acceptors (Lipinski definition) is 4. The van der Waals surface area contributed by atoms with E-state index in [1.54, 1.807) is 0 Å². The van der Waals surface area contributed by atoms with Crippen LogP contribution in [0.5, 0.6) is 0 Å². The Morgan fingerprint density at radius 1 is 1.50 bits per heavy atom. The molecule has 2 heterocycles. The van der Waals surface area contributed by atoms with E-state index < -0.39 is 5.54 Å². The maximum absolute atomic E-state index is 11.8. The molecule has 2 saturated heterocycles. The molecule has 2 atom stereocenters. The molecule has 0 aromatic rings. The Hall–Kier alpha value is -0.610. The highest BCUT2D eigenvalue weighted by Gasteiger charge is 2.49. The number of carbonyl (C=O) groups excluding carboxylic acids is 1. The fraction of sp³-hybridized carbons (Fsp3) is 0.900. The van der Waals surface area contributed by atoms with Gasteiger partial charge in [0.25, 0.3) is 0 Å². The van der Waals surface area contributed by atoms with Gasteiger partial charge in [-0.2, -0.15) is 0 Å². The van der Waals surface area contributed by atoms with Crippen LogP contribution in [-0.4, -0.2) is 38.3 Å². The lowest BCUT2D eigenvalue weighted by molar-refractivity contribution is -0.150. The third-order valence-corrected chi connectivity index (χ3v) is 3.50. The first-order valence-corrected chi connectivity index (χ1v) is 5.34. The number of hydrogen-bond donors (Lipinski definition) is 2. The fourth-order valence-electron chi connectivity index (χ4n) is 2.71. The Morgan fingerprint density at radius 2 is 2.36 bits per heavy atom. The summed E-state index contributed by atoms with van der Waals surface area (Å²) in [5, 5.41) is 6.65.